The van der Waals surface area contributed by atoms with Crippen molar-refractivity contribution in [1.29, 1.82) is 0 Å². The maximum absolute atomic E-state index is 6.67. The van der Waals surface area contributed by atoms with Crippen molar-refractivity contribution in [2.24, 2.45) is 0 Å². The quantitative estimate of drug-likeness (QED) is 0.115. The monoisotopic (exact) mass is 458 g/mol. The number of rotatable bonds is 23. The number of hydrogen-bond acceptors (Lipinski definition) is 2. The van der Waals surface area contributed by atoms with Gasteiger partial charge in [-0.15, -0.1) is 0 Å². The predicted molar refractivity (Wildman–Crippen MR) is 142 cm³/mol. The summed E-state index contributed by atoms with van der Waals surface area (Å²) in [5.41, 5.74) is 0.435. The van der Waals surface area contributed by atoms with Gasteiger partial charge < -0.3 is 8.85 Å². The fourth-order valence-electron chi connectivity index (χ4n) is 4.58. The highest BCUT2D eigenvalue weighted by atomic mass is 28.2. The third kappa shape index (κ3) is 13.7. The first-order valence-corrected chi connectivity index (χ1v) is 17.0. The molecule has 0 heterocycles. The SMILES string of the molecule is CCCCC(CC)(CCCC)O[SiH2]CCCC[SiH2]OC(CC)(CCCC)CCCC. The Morgan fingerprint density at radius 1 is 0.467 bits per heavy atom. The Morgan fingerprint density at radius 2 is 0.767 bits per heavy atom. The minimum absolute atomic E-state index is 0.218. The van der Waals surface area contributed by atoms with Gasteiger partial charge in [0, 0.05) is 0 Å². The van der Waals surface area contributed by atoms with Crippen molar-refractivity contribution in [3.63, 3.8) is 0 Å². The summed E-state index contributed by atoms with van der Waals surface area (Å²) >= 11 is 0. The van der Waals surface area contributed by atoms with Crippen LogP contribution in [0.15, 0.2) is 0 Å². The van der Waals surface area contributed by atoms with Crippen LogP contribution >= 0.6 is 0 Å². The topological polar surface area (TPSA) is 18.5 Å². The summed E-state index contributed by atoms with van der Waals surface area (Å²) in [5.74, 6) is 0. The smallest absolute Gasteiger partial charge is 0.162 e. The molecule has 0 aliphatic heterocycles. The largest absolute Gasteiger partial charge is 0.419 e. The fourth-order valence-corrected chi connectivity index (χ4v) is 7.84. The van der Waals surface area contributed by atoms with Gasteiger partial charge in [-0.05, 0) is 50.6 Å². The van der Waals surface area contributed by atoms with Gasteiger partial charge >= 0.3 is 0 Å². The molecule has 0 rings (SSSR count). The Hall–Kier alpha value is 0.354. The molecule has 0 saturated heterocycles. The minimum atomic E-state index is -0.374. The lowest BCUT2D eigenvalue weighted by Crippen LogP contribution is -2.33. The van der Waals surface area contributed by atoms with Crippen LogP contribution in [0.4, 0.5) is 0 Å². The summed E-state index contributed by atoms with van der Waals surface area (Å²) in [4.78, 5) is 0. The molecule has 0 saturated carbocycles. The van der Waals surface area contributed by atoms with Crippen LogP contribution in [0.3, 0.4) is 0 Å². The molecule has 0 bridgehead atoms. The lowest BCUT2D eigenvalue weighted by molar-refractivity contribution is 0.0441. The molecule has 0 radical (unpaired) electrons. The summed E-state index contributed by atoms with van der Waals surface area (Å²) in [7, 11) is -0.748. The molecule has 0 fully saturated rings. The second-order valence-corrected chi connectivity index (χ2v) is 12.4. The Kier molecular flexibility index (Phi) is 20.2. The Bertz CT molecular complexity index is 313. The van der Waals surface area contributed by atoms with Crippen molar-refractivity contribution >= 4 is 19.5 Å². The van der Waals surface area contributed by atoms with E-state index in [2.05, 4.69) is 41.5 Å². The zero-order valence-corrected chi connectivity index (χ0v) is 24.8. The highest BCUT2D eigenvalue weighted by Gasteiger charge is 2.28. The van der Waals surface area contributed by atoms with Crippen LogP contribution in [0.1, 0.15) is 144 Å². The third-order valence-corrected chi connectivity index (χ3v) is 10.3. The van der Waals surface area contributed by atoms with Crippen LogP contribution in [0.2, 0.25) is 12.1 Å². The summed E-state index contributed by atoms with van der Waals surface area (Å²) in [6, 6.07) is 2.72. The Balaban J connectivity index is 4.19. The van der Waals surface area contributed by atoms with Gasteiger partial charge in [-0.3, -0.25) is 0 Å². The van der Waals surface area contributed by atoms with Crippen molar-refractivity contribution in [3.05, 3.63) is 0 Å². The van der Waals surface area contributed by atoms with Crippen molar-refractivity contribution in [2.75, 3.05) is 0 Å². The maximum atomic E-state index is 6.67. The van der Waals surface area contributed by atoms with Gasteiger partial charge in [-0.1, -0.05) is 106 Å². The molecule has 30 heavy (non-hydrogen) atoms. The molecule has 0 aromatic heterocycles. The van der Waals surface area contributed by atoms with Crippen molar-refractivity contribution in [2.45, 2.75) is 168 Å². The lowest BCUT2D eigenvalue weighted by atomic mass is 9.88. The highest BCUT2D eigenvalue weighted by molar-refractivity contribution is 6.28. The first-order valence-electron chi connectivity index (χ1n) is 13.8. The van der Waals surface area contributed by atoms with Crippen LogP contribution in [0, 0.1) is 0 Å². The van der Waals surface area contributed by atoms with Crippen LogP contribution in [0.5, 0.6) is 0 Å². The van der Waals surface area contributed by atoms with Crippen LogP contribution in [-0.4, -0.2) is 30.7 Å². The van der Waals surface area contributed by atoms with E-state index in [1.54, 1.807) is 0 Å². The fraction of sp³-hybridized carbons (Fsp3) is 1.00. The molecular formula is C26H58O2Si2. The molecule has 0 atom stereocenters. The van der Waals surface area contributed by atoms with E-state index in [1.807, 2.05) is 0 Å². The summed E-state index contributed by atoms with van der Waals surface area (Å²) in [6.45, 7) is 13.9. The standard InChI is InChI=1S/C26H58O2Si2/c1-7-13-19-25(11-5,20-14-8-2)27-29-23-17-18-24-30-28-26(12-6,21-15-9-3)22-16-10-4/h7-24,29-30H2,1-6H3. The number of hydrogen-bond donors (Lipinski definition) is 0. The normalized spacial score (nSPS) is 13.4. The third-order valence-electron chi connectivity index (χ3n) is 7.09. The molecule has 0 aromatic carbocycles. The molecule has 182 valence electrons. The van der Waals surface area contributed by atoms with E-state index in [0.29, 0.717) is 0 Å². The molecule has 0 aliphatic carbocycles. The molecule has 0 aromatic rings. The second-order valence-electron chi connectivity index (χ2n) is 9.60. The molecular weight excluding hydrogens is 400 g/mol. The van der Waals surface area contributed by atoms with Gasteiger partial charge in [0.25, 0.3) is 0 Å². The van der Waals surface area contributed by atoms with Crippen molar-refractivity contribution in [1.82, 2.24) is 0 Å². The molecule has 2 nitrogen and oxygen atoms in total. The van der Waals surface area contributed by atoms with Crippen LogP contribution in [0.25, 0.3) is 0 Å². The van der Waals surface area contributed by atoms with Crippen LogP contribution < -0.4 is 0 Å². The van der Waals surface area contributed by atoms with E-state index < -0.39 is 0 Å². The van der Waals surface area contributed by atoms with Crippen LogP contribution in [-0.2, 0) is 8.85 Å². The molecule has 0 N–H and O–H groups in total. The van der Waals surface area contributed by atoms with Gasteiger partial charge in [-0.25, -0.2) is 0 Å². The molecule has 4 heteroatoms. The van der Waals surface area contributed by atoms with Crippen molar-refractivity contribution < 1.29 is 8.85 Å². The van der Waals surface area contributed by atoms with Gasteiger partial charge in [0.05, 0.1) is 11.2 Å². The van der Waals surface area contributed by atoms with Gasteiger partial charge in [0.15, 0.2) is 19.5 Å². The average molecular weight is 459 g/mol. The molecule has 0 unspecified atom stereocenters. The number of unbranched alkanes of at least 4 members (excludes halogenated alkanes) is 5. The maximum Gasteiger partial charge on any atom is 0.162 e. The van der Waals surface area contributed by atoms with E-state index in [9.17, 15) is 0 Å². The van der Waals surface area contributed by atoms with E-state index in [-0.39, 0.29) is 30.7 Å². The summed E-state index contributed by atoms with van der Waals surface area (Å²) in [5, 5.41) is 0. The molecule has 0 aliphatic rings. The lowest BCUT2D eigenvalue weighted by Gasteiger charge is -2.34. The van der Waals surface area contributed by atoms with E-state index in [1.165, 1.54) is 115 Å². The zero-order valence-electron chi connectivity index (χ0n) is 22.0. The van der Waals surface area contributed by atoms with E-state index in [4.69, 9.17) is 8.85 Å². The average Bonchev–Trinajstić information content (AvgIpc) is 2.78. The van der Waals surface area contributed by atoms with Gasteiger partial charge in [0.1, 0.15) is 0 Å². The zero-order chi connectivity index (χ0) is 22.6. The highest BCUT2D eigenvalue weighted by Crippen LogP contribution is 2.30. The Labute approximate surface area is 195 Å². The van der Waals surface area contributed by atoms with E-state index in [0.717, 1.165) is 0 Å². The first kappa shape index (κ1) is 30.4. The first-order chi connectivity index (χ1) is 14.6. The molecule has 0 amide bonds. The predicted octanol–water partition coefficient (Wildman–Crippen LogP) is 7.86. The second kappa shape index (κ2) is 20.0. The van der Waals surface area contributed by atoms with Crippen molar-refractivity contribution in [3.8, 4) is 0 Å². The summed E-state index contributed by atoms with van der Waals surface area (Å²) < 4.78 is 13.3. The Morgan fingerprint density at radius 3 is 1.00 bits per heavy atom. The minimum Gasteiger partial charge on any atom is -0.419 e. The molecule has 0 spiro atoms. The van der Waals surface area contributed by atoms with E-state index >= 15 is 0 Å². The van der Waals surface area contributed by atoms with Gasteiger partial charge in [-0.2, -0.15) is 0 Å². The van der Waals surface area contributed by atoms with Gasteiger partial charge in [0.2, 0.25) is 0 Å². The summed E-state index contributed by atoms with van der Waals surface area (Å²) in [6.07, 6.45) is 20.7.